The van der Waals surface area contributed by atoms with Gasteiger partial charge < -0.3 is 5.32 Å². The quantitative estimate of drug-likeness (QED) is 0.723. The maximum Gasteiger partial charge on any atom is 0.0703 e. The SMILES string of the molecule is Clc1cc(Cl)cc(CNc2cnc3ccccc3c2)c1. The third-order valence-electron chi connectivity index (χ3n) is 3.01. The molecule has 0 amide bonds. The van der Waals surface area contributed by atoms with E-state index in [9.17, 15) is 0 Å². The maximum absolute atomic E-state index is 5.99. The molecule has 1 N–H and O–H groups in total. The van der Waals surface area contributed by atoms with Crippen LogP contribution in [0.1, 0.15) is 5.56 Å². The van der Waals surface area contributed by atoms with Gasteiger partial charge in [-0.05, 0) is 35.9 Å². The summed E-state index contributed by atoms with van der Waals surface area (Å²) in [6.45, 7) is 0.653. The molecule has 100 valence electrons. The number of para-hydroxylation sites is 1. The molecule has 0 aliphatic heterocycles. The Hall–Kier alpha value is -1.77. The van der Waals surface area contributed by atoms with E-state index < -0.39 is 0 Å². The Morgan fingerprint density at radius 3 is 2.50 bits per heavy atom. The molecule has 2 aromatic carbocycles. The van der Waals surface area contributed by atoms with E-state index in [1.54, 1.807) is 6.07 Å². The number of aromatic nitrogens is 1. The number of nitrogens with one attached hydrogen (secondary N) is 1. The van der Waals surface area contributed by atoms with E-state index in [0.717, 1.165) is 22.2 Å². The highest BCUT2D eigenvalue weighted by Crippen LogP contribution is 2.21. The number of hydrogen-bond acceptors (Lipinski definition) is 2. The number of rotatable bonds is 3. The molecule has 0 unspecified atom stereocenters. The molecule has 20 heavy (non-hydrogen) atoms. The van der Waals surface area contributed by atoms with Crippen molar-refractivity contribution in [3.8, 4) is 0 Å². The first-order chi connectivity index (χ1) is 9.70. The molecule has 3 rings (SSSR count). The van der Waals surface area contributed by atoms with Gasteiger partial charge in [-0.2, -0.15) is 0 Å². The van der Waals surface area contributed by atoms with Crippen molar-refractivity contribution in [1.29, 1.82) is 0 Å². The van der Waals surface area contributed by atoms with Crippen molar-refractivity contribution in [1.82, 2.24) is 4.98 Å². The predicted molar refractivity (Wildman–Crippen MR) is 85.5 cm³/mol. The molecule has 3 aromatic rings. The Morgan fingerprint density at radius 1 is 0.950 bits per heavy atom. The molecule has 0 atom stereocenters. The fraction of sp³-hybridized carbons (Fsp3) is 0.0625. The first-order valence-electron chi connectivity index (χ1n) is 6.24. The van der Waals surface area contributed by atoms with E-state index in [4.69, 9.17) is 23.2 Å². The van der Waals surface area contributed by atoms with Crippen LogP contribution in [0.25, 0.3) is 10.9 Å². The van der Waals surface area contributed by atoms with Crippen molar-refractivity contribution in [2.75, 3.05) is 5.32 Å². The van der Waals surface area contributed by atoms with Crippen molar-refractivity contribution in [3.05, 3.63) is 70.3 Å². The molecule has 2 nitrogen and oxygen atoms in total. The van der Waals surface area contributed by atoms with Gasteiger partial charge in [0.1, 0.15) is 0 Å². The number of nitrogens with zero attached hydrogens (tertiary/aromatic N) is 1. The van der Waals surface area contributed by atoms with Gasteiger partial charge in [0.2, 0.25) is 0 Å². The van der Waals surface area contributed by atoms with E-state index in [2.05, 4.69) is 16.4 Å². The summed E-state index contributed by atoms with van der Waals surface area (Å²) in [6.07, 6.45) is 1.83. The van der Waals surface area contributed by atoms with E-state index in [1.807, 2.05) is 42.6 Å². The van der Waals surface area contributed by atoms with E-state index in [1.165, 1.54) is 0 Å². The van der Waals surface area contributed by atoms with Gasteiger partial charge >= 0.3 is 0 Å². The molecule has 1 heterocycles. The summed E-state index contributed by atoms with van der Waals surface area (Å²) in [7, 11) is 0. The monoisotopic (exact) mass is 302 g/mol. The molecule has 0 aliphatic rings. The lowest BCUT2D eigenvalue weighted by molar-refractivity contribution is 1.14. The normalized spacial score (nSPS) is 10.7. The first-order valence-corrected chi connectivity index (χ1v) is 7.00. The summed E-state index contributed by atoms with van der Waals surface area (Å²) in [5, 5.41) is 5.73. The highest BCUT2D eigenvalue weighted by molar-refractivity contribution is 6.34. The Labute approximate surface area is 127 Å². The van der Waals surface area contributed by atoms with Crippen LogP contribution in [0.4, 0.5) is 5.69 Å². The zero-order chi connectivity index (χ0) is 13.9. The minimum Gasteiger partial charge on any atom is -0.380 e. The Bertz CT molecular complexity index is 736. The van der Waals surface area contributed by atoms with Crippen molar-refractivity contribution < 1.29 is 0 Å². The molecular formula is C16H12Cl2N2. The number of anilines is 1. The number of benzene rings is 2. The van der Waals surface area contributed by atoms with Crippen LogP contribution in [-0.4, -0.2) is 4.98 Å². The van der Waals surface area contributed by atoms with Crippen LogP contribution >= 0.6 is 23.2 Å². The number of fused-ring (bicyclic) bond motifs is 1. The molecule has 4 heteroatoms. The van der Waals surface area contributed by atoms with Crippen LogP contribution in [0.3, 0.4) is 0 Å². The smallest absolute Gasteiger partial charge is 0.0703 e. The second-order valence-electron chi connectivity index (χ2n) is 4.55. The lowest BCUT2D eigenvalue weighted by atomic mass is 10.2. The fourth-order valence-electron chi connectivity index (χ4n) is 2.08. The maximum atomic E-state index is 5.99. The number of pyridine rings is 1. The van der Waals surface area contributed by atoms with E-state index in [-0.39, 0.29) is 0 Å². The van der Waals surface area contributed by atoms with Gasteiger partial charge in [0.05, 0.1) is 17.4 Å². The highest BCUT2D eigenvalue weighted by Gasteiger charge is 2.00. The van der Waals surface area contributed by atoms with Crippen LogP contribution in [0.15, 0.2) is 54.7 Å². The predicted octanol–water partition coefficient (Wildman–Crippen LogP) is 5.15. The second-order valence-corrected chi connectivity index (χ2v) is 5.42. The summed E-state index contributed by atoms with van der Waals surface area (Å²) >= 11 is 12.0. The molecule has 1 aromatic heterocycles. The summed E-state index contributed by atoms with van der Waals surface area (Å²) in [6, 6.07) is 15.6. The van der Waals surface area contributed by atoms with Gasteiger partial charge in [-0.3, -0.25) is 4.98 Å². The lowest BCUT2D eigenvalue weighted by Gasteiger charge is -2.08. The average molecular weight is 303 g/mol. The van der Waals surface area contributed by atoms with Crippen LogP contribution in [0.2, 0.25) is 10.0 Å². The number of halogens is 2. The Morgan fingerprint density at radius 2 is 1.70 bits per heavy atom. The zero-order valence-corrected chi connectivity index (χ0v) is 12.1. The summed E-state index contributed by atoms with van der Waals surface area (Å²) in [4.78, 5) is 4.41. The minimum absolute atomic E-state index is 0.644. The van der Waals surface area contributed by atoms with Crippen LogP contribution in [0.5, 0.6) is 0 Å². The standard InChI is InChI=1S/C16H12Cl2N2/c17-13-5-11(6-14(18)8-13)9-19-15-7-12-3-1-2-4-16(12)20-10-15/h1-8,10,19H,9H2. The summed E-state index contributed by atoms with van der Waals surface area (Å²) < 4.78 is 0. The van der Waals surface area contributed by atoms with Gasteiger partial charge in [0, 0.05) is 22.0 Å². The molecule has 0 saturated carbocycles. The Balaban J connectivity index is 1.79. The third kappa shape index (κ3) is 3.03. The van der Waals surface area contributed by atoms with E-state index >= 15 is 0 Å². The first kappa shape index (κ1) is 13.2. The van der Waals surface area contributed by atoms with Crippen molar-refractivity contribution in [2.45, 2.75) is 6.54 Å². The van der Waals surface area contributed by atoms with Gasteiger partial charge in [-0.1, -0.05) is 41.4 Å². The summed E-state index contributed by atoms with van der Waals surface area (Å²) in [5.74, 6) is 0. The molecule has 0 fully saturated rings. The molecule has 0 spiro atoms. The average Bonchev–Trinajstić information content (AvgIpc) is 2.44. The lowest BCUT2D eigenvalue weighted by Crippen LogP contribution is -2.00. The molecule has 0 bridgehead atoms. The van der Waals surface area contributed by atoms with E-state index in [0.29, 0.717) is 16.6 Å². The van der Waals surface area contributed by atoms with Gasteiger partial charge in [-0.25, -0.2) is 0 Å². The van der Waals surface area contributed by atoms with Crippen LogP contribution in [-0.2, 0) is 6.54 Å². The van der Waals surface area contributed by atoms with Crippen LogP contribution < -0.4 is 5.32 Å². The van der Waals surface area contributed by atoms with Gasteiger partial charge in [0.25, 0.3) is 0 Å². The molecule has 0 saturated heterocycles. The van der Waals surface area contributed by atoms with Gasteiger partial charge in [0.15, 0.2) is 0 Å². The summed E-state index contributed by atoms with van der Waals surface area (Å²) in [5.41, 5.74) is 3.00. The van der Waals surface area contributed by atoms with Crippen molar-refractivity contribution >= 4 is 39.8 Å². The Kier molecular flexibility index (Phi) is 3.77. The largest absolute Gasteiger partial charge is 0.380 e. The zero-order valence-electron chi connectivity index (χ0n) is 10.6. The van der Waals surface area contributed by atoms with Crippen molar-refractivity contribution in [2.24, 2.45) is 0 Å². The minimum atomic E-state index is 0.644. The topological polar surface area (TPSA) is 24.9 Å². The van der Waals surface area contributed by atoms with Crippen molar-refractivity contribution in [3.63, 3.8) is 0 Å². The fourth-order valence-corrected chi connectivity index (χ4v) is 2.66. The second kappa shape index (κ2) is 5.70. The highest BCUT2D eigenvalue weighted by atomic mass is 35.5. The molecule has 0 radical (unpaired) electrons. The number of hydrogen-bond donors (Lipinski definition) is 1. The molecule has 0 aliphatic carbocycles. The van der Waals surface area contributed by atoms with Crippen LogP contribution in [0, 0.1) is 0 Å². The van der Waals surface area contributed by atoms with Gasteiger partial charge in [-0.15, -0.1) is 0 Å². The molecular weight excluding hydrogens is 291 g/mol. The third-order valence-corrected chi connectivity index (χ3v) is 3.45.